The summed E-state index contributed by atoms with van der Waals surface area (Å²) < 4.78 is 9.86. The molecule has 0 aliphatic rings. The average molecular weight is 464 g/mol. The predicted molar refractivity (Wildman–Crippen MR) is 125 cm³/mol. The molecule has 1 rings (SSSR count). The van der Waals surface area contributed by atoms with Gasteiger partial charge in [-0.15, -0.1) is 0 Å². The van der Waals surface area contributed by atoms with Crippen molar-refractivity contribution in [2.24, 2.45) is 0 Å². The second-order valence-electron chi connectivity index (χ2n) is 8.89. The molecule has 9 heteroatoms. The van der Waals surface area contributed by atoms with Crippen LogP contribution in [0.15, 0.2) is 18.2 Å². The molecule has 0 aromatic heterocycles. The van der Waals surface area contributed by atoms with E-state index in [4.69, 9.17) is 4.74 Å². The highest BCUT2D eigenvalue weighted by molar-refractivity contribution is 5.93. The third kappa shape index (κ3) is 8.40. The number of hydrogen-bond acceptors (Lipinski definition) is 6. The maximum Gasteiger partial charge on any atom is 0.408 e. The minimum Gasteiger partial charge on any atom is -0.468 e. The lowest BCUT2D eigenvalue weighted by atomic mass is 9.95. The van der Waals surface area contributed by atoms with Crippen molar-refractivity contribution in [1.29, 1.82) is 0 Å². The topological polar surface area (TPSA) is 114 Å². The molecule has 2 unspecified atom stereocenters. The molecule has 0 heterocycles. The van der Waals surface area contributed by atoms with Crippen molar-refractivity contribution in [3.8, 4) is 0 Å². The molecular formula is C24H37N3O6. The van der Waals surface area contributed by atoms with Crippen molar-refractivity contribution in [3.05, 3.63) is 34.9 Å². The highest BCUT2D eigenvalue weighted by Gasteiger charge is 2.35. The van der Waals surface area contributed by atoms with E-state index in [1.54, 1.807) is 33.8 Å². The van der Waals surface area contributed by atoms with Crippen molar-refractivity contribution >= 4 is 23.9 Å². The van der Waals surface area contributed by atoms with Crippen LogP contribution in [-0.2, 0) is 23.9 Å². The molecule has 0 aliphatic carbocycles. The summed E-state index contributed by atoms with van der Waals surface area (Å²) in [6.07, 6.45) is -0.144. The number of benzene rings is 1. The van der Waals surface area contributed by atoms with E-state index in [1.165, 1.54) is 12.0 Å². The molecular weight excluding hydrogens is 426 g/mol. The van der Waals surface area contributed by atoms with E-state index in [9.17, 15) is 19.2 Å². The Morgan fingerprint density at radius 1 is 1.12 bits per heavy atom. The number of nitrogens with zero attached hydrogens (tertiary/aromatic N) is 1. The molecule has 0 aliphatic heterocycles. The molecule has 1 aromatic rings. The van der Waals surface area contributed by atoms with Gasteiger partial charge in [-0.2, -0.15) is 0 Å². The van der Waals surface area contributed by atoms with E-state index in [0.29, 0.717) is 12.0 Å². The molecule has 0 bridgehead atoms. The van der Waals surface area contributed by atoms with Crippen LogP contribution in [0.2, 0.25) is 0 Å². The van der Waals surface area contributed by atoms with E-state index in [1.807, 2.05) is 32.9 Å². The zero-order valence-electron chi connectivity index (χ0n) is 20.9. The van der Waals surface area contributed by atoms with Crippen molar-refractivity contribution in [3.63, 3.8) is 0 Å². The monoisotopic (exact) mass is 463 g/mol. The lowest BCUT2D eigenvalue weighted by Gasteiger charge is -2.34. The summed E-state index contributed by atoms with van der Waals surface area (Å²) in [5.74, 6) is -1.56. The SMILES string of the molecule is CCCN(C(=O)C(C)NC(=O)OC(C)(C)C)C(C(=O)NCC(=O)OC)c1cccc(C)c1C. The standard InChI is InChI=1S/C24H37N3O6/c1-9-13-27(22(30)17(4)26-23(31)33-24(5,6)7)20(21(29)25-14-19(28)32-8)18-12-10-11-15(2)16(18)3/h10-12,17,20H,9,13-14H2,1-8H3,(H,25,29)(H,26,31). The maximum atomic E-state index is 13.4. The molecule has 184 valence electrons. The van der Waals surface area contributed by atoms with Crippen LogP contribution in [0.3, 0.4) is 0 Å². The first kappa shape index (κ1) is 27.9. The molecule has 1 aromatic carbocycles. The molecule has 0 saturated heterocycles. The van der Waals surface area contributed by atoms with E-state index < -0.39 is 41.6 Å². The summed E-state index contributed by atoms with van der Waals surface area (Å²) in [6, 6.07) is 3.58. The highest BCUT2D eigenvalue weighted by Crippen LogP contribution is 2.27. The molecule has 9 nitrogen and oxygen atoms in total. The van der Waals surface area contributed by atoms with Crippen molar-refractivity contribution in [2.45, 2.75) is 72.6 Å². The Balaban J connectivity index is 3.32. The molecule has 0 radical (unpaired) electrons. The van der Waals surface area contributed by atoms with Crippen LogP contribution in [0.1, 0.15) is 63.8 Å². The number of aryl methyl sites for hydroxylation is 1. The summed E-state index contributed by atoms with van der Waals surface area (Å²) in [7, 11) is 1.23. The third-order valence-corrected chi connectivity index (χ3v) is 4.99. The number of methoxy groups -OCH3 is 1. The largest absolute Gasteiger partial charge is 0.468 e. The number of nitrogens with one attached hydrogen (secondary N) is 2. The Morgan fingerprint density at radius 3 is 2.30 bits per heavy atom. The molecule has 0 spiro atoms. The number of carbonyl (C=O) groups excluding carboxylic acids is 4. The minimum atomic E-state index is -0.995. The average Bonchev–Trinajstić information content (AvgIpc) is 2.72. The van der Waals surface area contributed by atoms with Crippen LogP contribution < -0.4 is 10.6 Å². The molecule has 33 heavy (non-hydrogen) atoms. The summed E-state index contributed by atoms with van der Waals surface area (Å²) >= 11 is 0. The normalized spacial score (nSPS) is 12.8. The number of carbonyl (C=O) groups is 4. The van der Waals surface area contributed by atoms with Crippen LogP contribution in [-0.4, -0.2) is 60.6 Å². The number of amides is 3. The van der Waals surface area contributed by atoms with Gasteiger partial charge >= 0.3 is 12.1 Å². The fraction of sp³-hybridized carbons (Fsp3) is 0.583. The molecule has 3 amide bonds. The van der Waals surface area contributed by atoms with Gasteiger partial charge in [-0.25, -0.2) is 4.79 Å². The number of hydrogen-bond donors (Lipinski definition) is 2. The molecule has 2 atom stereocenters. The first-order chi connectivity index (χ1) is 15.3. The minimum absolute atomic E-state index is 0.267. The maximum absolute atomic E-state index is 13.4. The third-order valence-electron chi connectivity index (χ3n) is 4.99. The Kier molecular flexibility index (Phi) is 10.3. The van der Waals surface area contributed by atoms with Gasteiger partial charge in [0.15, 0.2) is 0 Å². The summed E-state index contributed by atoms with van der Waals surface area (Å²) in [4.78, 5) is 51.9. The highest BCUT2D eigenvalue weighted by atomic mass is 16.6. The van der Waals surface area contributed by atoms with Crippen LogP contribution in [0.4, 0.5) is 4.79 Å². The fourth-order valence-corrected chi connectivity index (χ4v) is 3.25. The van der Waals surface area contributed by atoms with E-state index >= 15 is 0 Å². The van der Waals surface area contributed by atoms with Gasteiger partial charge in [0, 0.05) is 6.54 Å². The zero-order valence-corrected chi connectivity index (χ0v) is 20.9. The second-order valence-corrected chi connectivity index (χ2v) is 8.89. The predicted octanol–water partition coefficient (Wildman–Crippen LogP) is 2.79. The van der Waals surface area contributed by atoms with Gasteiger partial charge in [-0.05, 0) is 64.7 Å². The Bertz CT molecular complexity index is 862. The first-order valence-electron chi connectivity index (χ1n) is 11.0. The van der Waals surface area contributed by atoms with E-state index in [2.05, 4.69) is 15.4 Å². The number of ether oxygens (including phenoxy) is 2. The lowest BCUT2D eigenvalue weighted by Crippen LogP contribution is -2.52. The quantitative estimate of drug-likeness (QED) is 0.545. The first-order valence-corrected chi connectivity index (χ1v) is 11.0. The Labute approximate surface area is 196 Å². The number of alkyl carbamates (subject to hydrolysis) is 1. The lowest BCUT2D eigenvalue weighted by molar-refractivity contribution is -0.144. The summed E-state index contributed by atoms with van der Waals surface area (Å²) in [5.41, 5.74) is 1.74. The summed E-state index contributed by atoms with van der Waals surface area (Å²) in [6.45, 7) is 12.3. The number of rotatable bonds is 9. The smallest absolute Gasteiger partial charge is 0.408 e. The number of esters is 1. The Morgan fingerprint density at radius 2 is 1.76 bits per heavy atom. The van der Waals surface area contributed by atoms with E-state index in [0.717, 1.165) is 11.1 Å². The van der Waals surface area contributed by atoms with Crippen LogP contribution in [0.5, 0.6) is 0 Å². The second kappa shape index (κ2) is 12.2. The van der Waals surface area contributed by atoms with Gasteiger partial charge in [-0.1, -0.05) is 25.1 Å². The van der Waals surface area contributed by atoms with Crippen LogP contribution >= 0.6 is 0 Å². The molecule has 0 saturated carbocycles. The molecule has 2 N–H and O–H groups in total. The van der Waals surface area contributed by atoms with Crippen molar-refractivity contribution in [2.75, 3.05) is 20.2 Å². The zero-order chi connectivity index (χ0) is 25.3. The Hall–Kier alpha value is -3.10. The van der Waals surface area contributed by atoms with Gasteiger partial charge in [0.25, 0.3) is 0 Å². The van der Waals surface area contributed by atoms with Crippen LogP contribution in [0, 0.1) is 13.8 Å². The molecule has 0 fully saturated rings. The van der Waals surface area contributed by atoms with Gasteiger partial charge in [-0.3, -0.25) is 14.4 Å². The fourth-order valence-electron chi connectivity index (χ4n) is 3.25. The van der Waals surface area contributed by atoms with Crippen molar-refractivity contribution in [1.82, 2.24) is 15.5 Å². The van der Waals surface area contributed by atoms with E-state index in [-0.39, 0.29) is 13.1 Å². The van der Waals surface area contributed by atoms with Gasteiger partial charge in [0.1, 0.15) is 24.2 Å². The van der Waals surface area contributed by atoms with Gasteiger partial charge in [0.2, 0.25) is 11.8 Å². The van der Waals surface area contributed by atoms with Crippen LogP contribution in [0.25, 0.3) is 0 Å². The summed E-state index contributed by atoms with van der Waals surface area (Å²) in [5, 5.41) is 5.11. The van der Waals surface area contributed by atoms with Gasteiger partial charge in [0.05, 0.1) is 7.11 Å². The van der Waals surface area contributed by atoms with Gasteiger partial charge < -0.3 is 25.0 Å². The van der Waals surface area contributed by atoms with Crippen molar-refractivity contribution < 1.29 is 28.7 Å².